The predicted octanol–water partition coefficient (Wildman–Crippen LogP) is 4.29. The van der Waals surface area contributed by atoms with Crippen molar-refractivity contribution in [3.63, 3.8) is 0 Å². The summed E-state index contributed by atoms with van der Waals surface area (Å²) in [6, 6.07) is 0. The molecule has 2 N–H and O–H groups in total. The number of fused-ring (bicyclic) bond motifs is 1. The monoisotopic (exact) mass is 450 g/mol. The maximum atomic E-state index is 12.4. The van der Waals surface area contributed by atoms with Crippen LogP contribution >= 0.6 is 0 Å². The molecule has 8 atom stereocenters. The topological polar surface area (TPSA) is 85.2 Å². The van der Waals surface area contributed by atoms with E-state index in [0.29, 0.717) is 16.9 Å². The molecule has 2 saturated carbocycles. The molecular weight excluding hydrogens is 408 g/mol. The number of hydrogen-bond donors (Lipinski definition) is 2. The molecule has 0 aromatic carbocycles. The van der Waals surface area contributed by atoms with Gasteiger partial charge in [0.2, 0.25) is 0 Å². The summed E-state index contributed by atoms with van der Waals surface area (Å²) in [4.78, 5) is 12.4. The summed E-state index contributed by atoms with van der Waals surface area (Å²) in [5.41, 5.74) is 1.53. The van der Waals surface area contributed by atoms with Crippen LogP contribution in [-0.2, 0) is 19.0 Å². The number of allylic oxidation sites excluding steroid dienone is 2. The first kappa shape index (κ1) is 25.4. The third-order valence-electron chi connectivity index (χ3n) is 8.35. The highest BCUT2D eigenvalue weighted by Crippen LogP contribution is 2.55. The van der Waals surface area contributed by atoms with Crippen LogP contribution in [0.15, 0.2) is 23.8 Å². The third-order valence-corrected chi connectivity index (χ3v) is 8.35. The Morgan fingerprint density at radius 2 is 1.97 bits per heavy atom. The molecule has 0 bridgehead atoms. The number of esters is 1. The van der Waals surface area contributed by atoms with Gasteiger partial charge in [-0.15, -0.1) is 0 Å². The Morgan fingerprint density at radius 3 is 2.62 bits per heavy atom. The fraction of sp³-hybridized carbons (Fsp3) is 0.808. The lowest BCUT2D eigenvalue weighted by Crippen LogP contribution is -2.61. The smallest absolute Gasteiger partial charge is 0.333 e. The van der Waals surface area contributed by atoms with Gasteiger partial charge >= 0.3 is 5.97 Å². The first-order valence-corrected chi connectivity index (χ1v) is 12.1. The Bertz CT molecular complexity index is 743. The van der Waals surface area contributed by atoms with Crippen LogP contribution in [0, 0.1) is 17.3 Å². The molecule has 0 unspecified atom stereocenters. The molecule has 1 aliphatic heterocycles. The Labute approximate surface area is 193 Å². The van der Waals surface area contributed by atoms with Crippen LogP contribution in [0.5, 0.6) is 0 Å². The summed E-state index contributed by atoms with van der Waals surface area (Å²) in [5, 5.41) is 21.0. The standard InChI is InChI=1S/C26H42O6/c1-8-15(2)23(29)31-22-21(28)20(27)17(4)30-24(22)32-25(5,6)18-11-13-26(7)12-9-10-16(3)19(26)14-18/h8,17-22,24,27-28H,3,9-14H2,1-2,4-7H3/b15-8+/t17-,18+,19-,20+,21-,22+,24+,26-/m0/s1. The van der Waals surface area contributed by atoms with Crippen molar-refractivity contribution in [2.24, 2.45) is 17.3 Å². The lowest BCUT2D eigenvalue weighted by molar-refractivity contribution is -0.325. The zero-order valence-electron chi connectivity index (χ0n) is 20.6. The molecule has 6 nitrogen and oxygen atoms in total. The van der Waals surface area contributed by atoms with Crippen molar-refractivity contribution in [1.82, 2.24) is 0 Å². The van der Waals surface area contributed by atoms with Gasteiger partial charge in [-0.05, 0) is 90.4 Å². The molecule has 2 aliphatic carbocycles. The van der Waals surface area contributed by atoms with Crippen LogP contribution in [0.3, 0.4) is 0 Å². The molecule has 0 amide bonds. The average molecular weight is 451 g/mol. The van der Waals surface area contributed by atoms with Crippen molar-refractivity contribution < 1.29 is 29.2 Å². The van der Waals surface area contributed by atoms with Crippen molar-refractivity contribution in [1.29, 1.82) is 0 Å². The SMILES string of the molecule is C=C1CCC[C@@]2(C)CC[C@@H](C(C)(C)O[C@H]3O[C@@H](C)[C@@H](O)[C@H](O)[C@H]3OC(=O)/C(C)=C/C)C[C@@H]12. The molecule has 6 heteroatoms. The van der Waals surface area contributed by atoms with Gasteiger partial charge in [-0.25, -0.2) is 4.79 Å². The van der Waals surface area contributed by atoms with Gasteiger partial charge in [0, 0.05) is 5.57 Å². The number of aliphatic hydroxyl groups is 2. The van der Waals surface area contributed by atoms with E-state index < -0.39 is 42.3 Å². The second-order valence-electron chi connectivity index (χ2n) is 10.9. The maximum Gasteiger partial charge on any atom is 0.333 e. The van der Waals surface area contributed by atoms with Gasteiger partial charge in [0.25, 0.3) is 0 Å². The molecule has 3 fully saturated rings. The van der Waals surface area contributed by atoms with E-state index in [-0.39, 0.29) is 5.92 Å². The van der Waals surface area contributed by atoms with Crippen molar-refractivity contribution in [3.05, 3.63) is 23.8 Å². The van der Waals surface area contributed by atoms with Crippen LogP contribution in [0.4, 0.5) is 0 Å². The van der Waals surface area contributed by atoms with E-state index in [1.165, 1.54) is 18.4 Å². The van der Waals surface area contributed by atoms with Gasteiger partial charge in [0.1, 0.15) is 12.2 Å². The van der Waals surface area contributed by atoms with Crippen LogP contribution in [0.1, 0.15) is 80.1 Å². The Balaban J connectivity index is 1.77. The molecule has 0 radical (unpaired) electrons. The minimum absolute atomic E-state index is 0.284. The van der Waals surface area contributed by atoms with Crippen LogP contribution in [0.2, 0.25) is 0 Å². The number of carbonyl (C=O) groups excluding carboxylic acids is 1. The Kier molecular flexibility index (Phi) is 7.60. The highest BCUT2D eigenvalue weighted by atomic mass is 16.7. The Hall–Kier alpha value is -1.21. The molecule has 32 heavy (non-hydrogen) atoms. The highest BCUT2D eigenvalue weighted by molar-refractivity contribution is 5.87. The summed E-state index contributed by atoms with van der Waals surface area (Å²) in [6.07, 6.45) is 3.24. The molecular formula is C26H42O6. The van der Waals surface area contributed by atoms with E-state index in [9.17, 15) is 15.0 Å². The van der Waals surface area contributed by atoms with Gasteiger partial charge in [-0.1, -0.05) is 25.2 Å². The zero-order chi connectivity index (χ0) is 23.8. The van der Waals surface area contributed by atoms with E-state index in [2.05, 4.69) is 13.5 Å². The van der Waals surface area contributed by atoms with Gasteiger partial charge in [0.05, 0.1) is 11.7 Å². The molecule has 182 valence electrons. The number of rotatable bonds is 5. The summed E-state index contributed by atoms with van der Waals surface area (Å²) >= 11 is 0. The van der Waals surface area contributed by atoms with E-state index in [1.54, 1.807) is 26.8 Å². The zero-order valence-corrected chi connectivity index (χ0v) is 20.6. The van der Waals surface area contributed by atoms with Gasteiger partial charge in [-0.2, -0.15) is 0 Å². The van der Waals surface area contributed by atoms with Crippen molar-refractivity contribution in [2.45, 2.75) is 116 Å². The number of aliphatic hydroxyl groups excluding tert-OH is 2. The van der Waals surface area contributed by atoms with Crippen LogP contribution in [-0.4, -0.2) is 52.5 Å². The highest BCUT2D eigenvalue weighted by Gasteiger charge is 2.51. The summed E-state index contributed by atoms with van der Waals surface area (Å²) in [7, 11) is 0. The minimum atomic E-state index is -1.29. The minimum Gasteiger partial charge on any atom is -0.451 e. The Morgan fingerprint density at radius 1 is 1.28 bits per heavy atom. The first-order chi connectivity index (χ1) is 14.9. The van der Waals surface area contributed by atoms with E-state index in [0.717, 1.165) is 25.7 Å². The third kappa shape index (κ3) is 4.98. The van der Waals surface area contributed by atoms with Gasteiger partial charge in [0.15, 0.2) is 12.4 Å². The van der Waals surface area contributed by atoms with Gasteiger partial charge < -0.3 is 24.4 Å². The second kappa shape index (κ2) is 9.57. The van der Waals surface area contributed by atoms with E-state index in [4.69, 9.17) is 14.2 Å². The molecule has 0 aromatic heterocycles. The summed E-state index contributed by atoms with van der Waals surface area (Å²) in [5.74, 6) is 0.217. The lowest BCUT2D eigenvalue weighted by atomic mass is 9.55. The fourth-order valence-electron chi connectivity index (χ4n) is 5.80. The maximum absolute atomic E-state index is 12.4. The van der Waals surface area contributed by atoms with Crippen molar-refractivity contribution in [3.8, 4) is 0 Å². The number of carbonyl (C=O) groups is 1. The molecule has 1 heterocycles. The summed E-state index contributed by atoms with van der Waals surface area (Å²) in [6.45, 7) is 16.0. The van der Waals surface area contributed by atoms with Crippen LogP contribution in [0.25, 0.3) is 0 Å². The second-order valence-corrected chi connectivity index (χ2v) is 10.9. The van der Waals surface area contributed by atoms with Crippen molar-refractivity contribution >= 4 is 5.97 Å². The number of hydrogen-bond acceptors (Lipinski definition) is 6. The first-order valence-electron chi connectivity index (χ1n) is 12.1. The van der Waals surface area contributed by atoms with E-state index in [1.807, 2.05) is 13.8 Å². The van der Waals surface area contributed by atoms with Gasteiger partial charge in [-0.3, -0.25) is 0 Å². The predicted molar refractivity (Wildman–Crippen MR) is 123 cm³/mol. The molecule has 1 saturated heterocycles. The fourth-order valence-corrected chi connectivity index (χ4v) is 5.80. The molecule has 0 spiro atoms. The van der Waals surface area contributed by atoms with Crippen LogP contribution < -0.4 is 0 Å². The van der Waals surface area contributed by atoms with Crippen molar-refractivity contribution in [2.75, 3.05) is 0 Å². The lowest BCUT2D eigenvalue weighted by Gasteiger charge is -2.52. The largest absolute Gasteiger partial charge is 0.451 e. The van der Waals surface area contributed by atoms with E-state index >= 15 is 0 Å². The normalized spacial score (nSPS) is 41.2. The average Bonchev–Trinajstić information content (AvgIpc) is 2.73. The molecule has 3 rings (SSSR count). The summed E-state index contributed by atoms with van der Waals surface area (Å²) < 4.78 is 17.9. The number of ether oxygens (including phenoxy) is 3. The molecule has 3 aliphatic rings. The molecule has 0 aromatic rings. The quantitative estimate of drug-likeness (QED) is 0.369.